The number of hydrogen-bond acceptors (Lipinski definition) is 6. The van der Waals surface area contributed by atoms with E-state index in [1.807, 2.05) is 0 Å². The first-order chi connectivity index (χ1) is 12.3. The Bertz CT molecular complexity index is 963. The normalized spacial score (nSPS) is 14.7. The lowest BCUT2D eigenvalue weighted by Gasteiger charge is -2.21. The van der Waals surface area contributed by atoms with E-state index < -0.39 is 26.7 Å². The van der Waals surface area contributed by atoms with Crippen LogP contribution in [0.15, 0.2) is 41.3 Å². The zero-order valence-corrected chi connectivity index (χ0v) is 15.2. The molecule has 0 fully saturated rings. The Labute approximate surface area is 154 Å². The van der Waals surface area contributed by atoms with Gasteiger partial charge < -0.3 is 9.47 Å². The number of nitro benzene ring substituents is 1. The monoisotopic (exact) mass is 398 g/mol. The van der Waals surface area contributed by atoms with Crippen molar-refractivity contribution in [1.82, 2.24) is 4.72 Å². The Hall–Kier alpha value is -2.36. The number of ether oxygens (including phenoxy) is 2. The molecule has 0 aliphatic carbocycles. The van der Waals surface area contributed by atoms with Gasteiger partial charge in [-0.05, 0) is 36.8 Å². The fourth-order valence-corrected chi connectivity index (χ4v) is 3.94. The Morgan fingerprint density at radius 1 is 1.15 bits per heavy atom. The molecule has 0 radical (unpaired) electrons. The van der Waals surface area contributed by atoms with Crippen molar-refractivity contribution in [2.24, 2.45) is 0 Å². The van der Waals surface area contributed by atoms with E-state index >= 15 is 0 Å². The third kappa shape index (κ3) is 3.74. The van der Waals surface area contributed by atoms with Gasteiger partial charge in [-0.15, -0.1) is 0 Å². The Morgan fingerprint density at radius 3 is 2.54 bits per heavy atom. The molecule has 26 heavy (non-hydrogen) atoms. The van der Waals surface area contributed by atoms with Crippen molar-refractivity contribution < 1.29 is 22.8 Å². The van der Waals surface area contributed by atoms with E-state index in [4.69, 9.17) is 21.1 Å². The number of hydrogen-bond donors (Lipinski definition) is 1. The molecule has 1 N–H and O–H groups in total. The zero-order valence-electron chi connectivity index (χ0n) is 13.6. The van der Waals surface area contributed by atoms with Crippen LogP contribution < -0.4 is 14.2 Å². The highest BCUT2D eigenvalue weighted by molar-refractivity contribution is 7.89. The molecule has 0 saturated heterocycles. The largest absolute Gasteiger partial charge is 0.486 e. The van der Waals surface area contributed by atoms with Crippen LogP contribution in [-0.2, 0) is 10.0 Å². The molecule has 0 bridgehead atoms. The maximum atomic E-state index is 12.6. The van der Waals surface area contributed by atoms with Gasteiger partial charge in [0.25, 0.3) is 5.69 Å². The molecule has 0 unspecified atom stereocenters. The SMILES string of the molecule is C[C@@H](NS(=O)(=O)c1ccc(Cl)c([N+](=O)[O-])c1)c1ccc2c(c1)OCCO2. The smallest absolute Gasteiger partial charge is 0.289 e. The lowest BCUT2D eigenvalue weighted by atomic mass is 10.1. The van der Waals surface area contributed by atoms with Crippen molar-refractivity contribution in [3.63, 3.8) is 0 Å². The minimum Gasteiger partial charge on any atom is -0.486 e. The molecule has 2 aromatic carbocycles. The first-order valence-corrected chi connectivity index (χ1v) is 9.50. The van der Waals surface area contributed by atoms with Gasteiger partial charge in [-0.2, -0.15) is 0 Å². The summed E-state index contributed by atoms with van der Waals surface area (Å²) in [6.07, 6.45) is 0. The molecule has 138 valence electrons. The number of rotatable bonds is 5. The van der Waals surface area contributed by atoms with E-state index in [1.54, 1.807) is 25.1 Å². The zero-order chi connectivity index (χ0) is 18.9. The fraction of sp³-hybridized carbons (Fsp3) is 0.250. The van der Waals surface area contributed by atoms with Crippen LogP contribution in [0.1, 0.15) is 18.5 Å². The van der Waals surface area contributed by atoms with Crippen molar-refractivity contribution in [2.75, 3.05) is 13.2 Å². The summed E-state index contributed by atoms with van der Waals surface area (Å²) >= 11 is 5.73. The van der Waals surface area contributed by atoms with Crippen molar-refractivity contribution in [3.05, 3.63) is 57.1 Å². The van der Waals surface area contributed by atoms with Crippen molar-refractivity contribution in [1.29, 1.82) is 0 Å². The molecule has 10 heteroatoms. The number of nitrogens with one attached hydrogen (secondary N) is 1. The molecule has 0 aromatic heterocycles. The second-order valence-electron chi connectivity index (χ2n) is 5.62. The third-order valence-corrected chi connectivity index (χ3v) is 5.68. The Balaban J connectivity index is 1.85. The molecule has 1 aliphatic rings. The highest BCUT2D eigenvalue weighted by Gasteiger charge is 2.23. The lowest BCUT2D eigenvalue weighted by Crippen LogP contribution is -2.27. The molecule has 1 atom stereocenters. The van der Waals surface area contributed by atoms with E-state index in [2.05, 4.69) is 4.72 Å². The first-order valence-electron chi connectivity index (χ1n) is 7.64. The molecule has 0 saturated carbocycles. The van der Waals surface area contributed by atoms with Crippen molar-refractivity contribution >= 4 is 27.3 Å². The number of nitro groups is 1. The van der Waals surface area contributed by atoms with Gasteiger partial charge in [-0.25, -0.2) is 13.1 Å². The highest BCUT2D eigenvalue weighted by Crippen LogP contribution is 2.33. The van der Waals surface area contributed by atoms with Crippen LogP contribution in [0.5, 0.6) is 11.5 Å². The van der Waals surface area contributed by atoms with Crippen LogP contribution in [0.4, 0.5) is 5.69 Å². The van der Waals surface area contributed by atoms with Gasteiger partial charge in [-0.3, -0.25) is 10.1 Å². The number of fused-ring (bicyclic) bond motifs is 1. The van der Waals surface area contributed by atoms with Gasteiger partial charge in [0.2, 0.25) is 10.0 Å². The van der Waals surface area contributed by atoms with Gasteiger partial charge in [0, 0.05) is 12.1 Å². The van der Waals surface area contributed by atoms with Gasteiger partial charge in [0.15, 0.2) is 11.5 Å². The average Bonchev–Trinajstić information content (AvgIpc) is 2.60. The number of halogens is 1. The summed E-state index contributed by atoms with van der Waals surface area (Å²) in [4.78, 5) is 9.99. The third-order valence-electron chi connectivity index (χ3n) is 3.82. The van der Waals surface area contributed by atoms with Crippen LogP contribution >= 0.6 is 11.6 Å². The van der Waals surface area contributed by atoms with Gasteiger partial charge in [0.05, 0.1) is 9.82 Å². The minimum atomic E-state index is -3.99. The first kappa shape index (κ1) is 18.4. The summed E-state index contributed by atoms with van der Waals surface area (Å²) in [5, 5.41) is 10.8. The molecular formula is C16H15ClN2O6S. The summed E-state index contributed by atoms with van der Waals surface area (Å²) in [7, 11) is -3.99. The van der Waals surface area contributed by atoms with Crippen LogP contribution in [0.3, 0.4) is 0 Å². The summed E-state index contributed by atoms with van der Waals surface area (Å²) < 4.78 is 38.5. The molecule has 0 spiro atoms. The topological polar surface area (TPSA) is 108 Å². The average molecular weight is 399 g/mol. The van der Waals surface area contributed by atoms with Crippen LogP contribution in [0.25, 0.3) is 0 Å². The predicted molar refractivity (Wildman–Crippen MR) is 94.3 cm³/mol. The summed E-state index contributed by atoms with van der Waals surface area (Å²) in [6, 6.07) is 7.88. The van der Waals surface area contributed by atoms with Gasteiger partial charge in [-0.1, -0.05) is 17.7 Å². The second-order valence-corrected chi connectivity index (χ2v) is 7.74. The standard InChI is InChI=1S/C16H15ClN2O6S/c1-10(11-2-5-15-16(8-11)25-7-6-24-15)18-26(22,23)12-3-4-13(17)14(9-12)19(20)21/h2-5,8-10,18H,6-7H2,1H3/t10-/m1/s1. The molecule has 1 heterocycles. The van der Waals surface area contributed by atoms with Crippen LogP contribution in [0.2, 0.25) is 5.02 Å². The van der Waals surface area contributed by atoms with E-state index in [0.717, 1.165) is 6.07 Å². The van der Waals surface area contributed by atoms with E-state index in [9.17, 15) is 18.5 Å². The molecule has 8 nitrogen and oxygen atoms in total. The van der Waals surface area contributed by atoms with Gasteiger partial charge in [0.1, 0.15) is 18.2 Å². The molecule has 2 aromatic rings. The quantitative estimate of drug-likeness (QED) is 0.612. The van der Waals surface area contributed by atoms with Crippen LogP contribution in [-0.4, -0.2) is 26.6 Å². The number of benzene rings is 2. The Morgan fingerprint density at radius 2 is 1.85 bits per heavy atom. The van der Waals surface area contributed by atoms with Gasteiger partial charge >= 0.3 is 0 Å². The van der Waals surface area contributed by atoms with Crippen molar-refractivity contribution in [2.45, 2.75) is 17.9 Å². The highest BCUT2D eigenvalue weighted by atomic mass is 35.5. The molecule has 0 amide bonds. The minimum absolute atomic E-state index is 0.131. The maximum Gasteiger partial charge on any atom is 0.289 e. The summed E-state index contributed by atoms with van der Waals surface area (Å²) in [5.41, 5.74) is 0.197. The van der Waals surface area contributed by atoms with E-state index in [-0.39, 0.29) is 9.92 Å². The van der Waals surface area contributed by atoms with E-state index in [1.165, 1.54) is 12.1 Å². The predicted octanol–water partition coefficient (Wildman–Crippen LogP) is 3.06. The number of sulfonamides is 1. The van der Waals surface area contributed by atoms with E-state index in [0.29, 0.717) is 30.3 Å². The maximum absolute atomic E-state index is 12.6. The molecular weight excluding hydrogens is 384 g/mol. The molecule has 1 aliphatic heterocycles. The Kier molecular flexibility index (Phi) is 5.03. The summed E-state index contributed by atoms with van der Waals surface area (Å²) in [6.45, 7) is 2.54. The summed E-state index contributed by atoms with van der Waals surface area (Å²) in [5.74, 6) is 1.14. The second kappa shape index (κ2) is 7.10. The van der Waals surface area contributed by atoms with Crippen molar-refractivity contribution in [3.8, 4) is 11.5 Å². The number of nitrogens with zero attached hydrogens (tertiary/aromatic N) is 1. The lowest BCUT2D eigenvalue weighted by molar-refractivity contribution is -0.384. The fourth-order valence-electron chi connectivity index (χ4n) is 2.50. The molecule has 3 rings (SSSR count). The van der Waals surface area contributed by atoms with Crippen LogP contribution in [0, 0.1) is 10.1 Å².